The van der Waals surface area contributed by atoms with E-state index in [0.29, 0.717) is 12.6 Å². The normalized spacial score (nSPS) is 22.0. The summed E-state index contributed by atoms with van der Waals surface area (Å²) in [7, 11) is 1.67. The smallest absolute Gasteiger partial charge is 0.161 e. The number of aliphatic hydroxyl groups excluding tert-OH is 1. The number of benzene rings is 1. The zero-order valence-corrected chi connectivity index (χ0v) is 13.1. The molecule has 0 unspecified atom stereocenters. The number of rotatable bonds is 7. The molecule has 4 heteroatoms. The largest absolute Gasteiger partial charge is 0.493 e. The average Bonchev–Trinajstić information content (AvgIpc) is 2.52. The van der Waals surface area contributed by atoms with Gasteiger partial charge in [0.05, 0.1) is 19.8 Å². The number of methoxy groups -OCH3 is 1. The van der Waals surface area contributed by atoms with Gasteiger partial charge in [0.25, 0.3) is 0 Å². The zero-order chi connectivity index (χ0) is 15.1. The number of aliphatic hydroxyl groups is 1. The van der Waals surface area contributed by atoms with Gasteiger partial charge in [0, 0.05) is 12.6 Å². The fraction of sp³-hybridized carbons (Fsp3) is 0.647. The minimum atomic E-state index is -0.0990. The van der Waals surface area contributed by atoms with Gasteiger partial charge < -0.3 is 19.9 Å². The molecule has 0 atom stereocenters. The van der Waals surface area contributed by atoms with Crippen molar-refractivity contribution < 1.29 is 14.6 Å². The third kappa shape index (κ3) is 4.90. The van der Waals surface area contributed by atoms with Crippen LogP contribution in [0.2, 0.25) is 0 Å². The molecule has 2 rings (SSSR count). The standard InChI is InChI=1S/C17H27NO3/c1-3-10-21-17-11-13(4-9-16(17)20-2)12-18-14-5-7-15(19)8-6-14/h4,9,11,14-15,18-19H,3,5-8,10,12H2,1-2H3. The summed E-state index contributed by atoms with van der Waals surface area (Å²) in [6.07, 6.45) is 4.80. The Balaban J connectivity index is 1.90. The second kappa shape index (κ2) is 8.25. The molecule has 0 bridgehead atoms. The highest BCUT2D eigenvalue weighted by Gasteiger charge is 2.18. The van der Waals surface area contributed by atoms with Crippen LogP contribution in [-0.4, -0.2) is 31.0 Å². The van der Waals surface area contributed by atoms with Crippen LogP contribution in [0.5, 0.6) is 11.5 Å². The maximum absolute atomic E-state index is 9.53. The predicted molar refractivity (Wildman–Crippen MR) is 83.9 cm³/mol. The van der Waals surface area contributed by atoms with Crippen LogP contribution in [0.25, 0.3) is 0 Å². The van der Waals surface area contributed by atoms with Crippen LogP contribution in [0.3, 0.4) is 0 Å². The lowest BCUT2D eigenvalue weighted by Gasteiger charge is -2.26. The van der Waals surface area contributed by atoms with Gasteiger partial charge in [0.15, 0.2) is 11.5 Å². The maximum atomic E-state index is 9.53. The fourth-order valence-electron chi connectivity index (χ4n) is 2.70. The van der Waals surface area contributed by atoms with Crippen molar-refractivity contribution in [1.29, 1.82) is 0 Å². The molecule has 0 saturated heterocycles. The summed E-state index contributed by atoms with van der Waals surface area (Å²) >= 11 is 0. The van der Waals surface area contributed by atoms with Crippen LogP contribution in [-0.2, 0) is 6.54 Å². The first-order valence-corrected chi connectivity index (χ1v) is 7.94. The Morgan fingerprint density at radius 3 is 2.62 bits per heavy atom. The summed E-state index contributed by atoms with van der Waals surface area (Å²) in [6.45, 7) is 3.62. The minimum Gasteiger partial charge on any atom is -0.493 e. The van der Waals surface area contributed by atoms with E-state index in [1.165, 1.54) is 5.56 Å². The molecular weight excluding hydrogens is 266 g/mol. The first-order valence-electron chi connectivity index (χ1n) is 7.94. The molecule has 1 aromatic rings. The van der Waals surface area contributed by atoms with Gasteiger partial charge in [-0.15, -0.1) is 0 Å². The molecule has 2 N–H and O–H groups in total. The quantitative estimate of drug-likeness (QED) is 0.811. The summed E-state index contributed by atoms with van der Waals surface area (Å²) in [5.41, 5.74) is 1.20. The first-order chi connectivity index (χ1) is 10.2. The predicted octanol–water partition coefficient (Wildman–Crippen LogP) is 2.88. The molecule has 0 spiro atoms. The molecule has 0 aromatic heterocycles. The van der Waals surface area contributed by atoms with Crippen LogP contribution in [0, 0.1) is 0 Å². The molecule has 1 saturated carbocycles. The van der Waals surface area contributed by atoms with E-state index in [2.05, 4.69) is 24.4 Å². The van der Waals surface area contributed by atoms with Crippen LogP contribution in [0.1, 0.15) is 44.6 Å². The van der Waals surface area contributed by atoms with Crippen LogP contribution < -0.4 is 14.8 Å². The van der Waals surface area contributed by atoms with E-state index in [0.717, 1.165) is 50.1 Å². The van der Waals surface area contributed by atoms with Crippen molar-refractivity contribution in [1.82, 2.24) is 5.32 Å². The SMILES string of the molecule is CCCOc1cc(CNC2CCC(O)CC2)ccc1OC. The number of hydrogen-bond acceptors (Lipinski definition) is 4. The van der Waals surface area contributed by atoms with Gasteiger partial charge in [-0.3, -0.25) is 0 Å². The minimum absolute atomic E-state index is 0.0990. The van der Waals surface area contributed by atoms with E-state index in [1.807, 2.05) is 6.07 Å². The second-order valence-corrected chi connectivity index (χ2v) is 5.72. The van der Waals surface area contributed by atoms with Crippen molar-refractivity contribution in [3.8, 4) is 11.5 Å². The molecule has 0 amide bonds. The lowest BCUT2D eigenvalue weighted by atomic mass is 9.93. The molecule has 118 valence electrons. The van der Waals surface area contributed by atoms with E-state index in [9.17, 15) is 5.11 Å². The highest BCUT2D eigenvalue weighted by atomic mass is 16.5. The van der Waals surface area contributed by atoms with E-state index in [-0.39, 0.29) is 6.10 Å². The summed E-state index contributed by atoms with van der Waals surface area (Å²) in [5, 5.41) is 13.1. The van der Waals surface area contributed by atoms with Crippen LogP contribution >= 0.6 is 0 Å². The summed E-state index contributed by atoms with van der Waals surface area (Å²) in [4.78, 5) is 0. The second-order valence-electron chi connectivity index (χ2n) is 5.72. The van der Waals surface area contributed by atoms with Crippen molar-refractivity contribution in [3.05, 3.63) is 23.8 Å². The van der Waals surface area contributed by atoms with Gasteiger partial charge in [0.1, 0.15) is 0 Å². The zero-order valence-electron chi connectivity index (χ0n) is 13.1. The van der Waals surface area contributed by atoms with Crippen molar-refractivity contribution in [2.75, 3.05) is 13.7 Å². The van der Waals surface area contributed by atoms with Crippen molar-refractivity contribution >= 4 is 0 Å². The lowest BCUT2D eigenvalue weighted by molar-refractivity contribution is 0.116. The van der Waals surface area contributed by atoms with Gasteiger partial charge in [-0.2, -0.15) is 0 Å². The molecule has 1 fully saturated rings. The van der Waals surface area contributed by atoms with Crippen LogP contribution in [0.4, 0.5) is 0 Å². The Morgan fingerprint density at radius 1 is 1.19 bits per heavy atom. The Kier molecular flexibility index (Phi) is 6.33. The van der Waals surface area contributed by atoms with Crippen molar-refractivity contribution in [3.63, 3.8) is 0 Å². The van der Waals surface area contributed by atoms with E-state index >= 15 is 0 Å². The van der Waals surface area contributed by atoms with Crippen LogP contribution in [0.15, 0.2) is 18.2 Å². The molecule has 0 heterocycles. The third-order valence-electron chi connectivity index (χ3n) is 3.98. The van der Waals surface area contributed by atoms with Gasteiger partial charge in [0.2, 0.25) is 0 Å². The number of nitrogens with one attached hydrogen (secondary N) is 1. The molecule has 1 aliphatic rings. The molecule has 1 aliphatic carbocycles. The Bertz CT molecular complexity index is 428. The molecule has 4 nitrogen and oxygen atoms in total. The topological polar surface area (TPSA) is 50.7 Å². The number of hydrogen-bond donors (Lipinski definition) is 2. The number of ether oxygens (including phenoxy) is 2. The Labute approximate surface area is 127 Å². The van der Waals surface area contributed by atoms with E-state index in [1.54, 1.807) is 7.11 Å². The third-order valence-corrected chi connectivity index (χ3v) is 3.98. The molecule has 0 radical (unpaired) electrons. The highest BCUT2D eigenvalue weighted by molar-refractivity contribution is 5.42. The fourth-order valence-corrected chi connectivity index (χ4v) is 2.70. The Hall–Kier alpha value is -1.26. The Morgan fingerprint density at radius 2 is 1.95 bits per heavy atom. The summed E-state index contributed by atoms with van der Waals surface area (Å²) in [6, 6.07) is 6.60. The first kappa shape index (κ1) is 16.1. The lowest BCUT2D eigenvalue weighted by Crippen LogP contribution is -2.34. The molecule has 1 aromatic carbocycles. The summed E-state index contributed by atoms with van der Waals surface area (Å²) < 4.78 is 11.1. The average molecular weight is 293 g/mol. The van der Waals surface area contributed by atoms with Crippen molar-refractivity contribution in [2.24, 2.45) is 0 Å². The monoisotopic (exact) mass is 293 g/mol. The maximum Gasteiger partial charge on any atom is 0.161 e. The van der Waals surface area contributed by atoms with Gasteiger partial charge in [-0.25, -0.2) is 0 Å². The highest BCUT2D eigenvalue weighted by Crippen LogP contribution is 2.28. The van der Waals surface area contributed by atoms with Gasteiger partial charge in [-0.1, -0.05) is 13.0 Å². The molecular formula is C17H27NO3. The van der Waals surface area contributed by atoms with E-state index < -0.39 is 0 Å². The molecule has 0 aliphatic heterocycles. The van der Waals surface area contributed by atoms with Gasteiger partial charge >= 0.3 is 0 Å². The van der Waals surface area contributed by atoms with Gasteiger partial charge in [-0.05, 0) is 49.8 Å². The molecule has 21 heavy (non-hydrogen) atoms. The summed E-state index contributed by atoms with van der Waals surface area (Å²) in [5.74, 6) is 1.60. The van der Waals surface area contributed by atoms with E-state index in [4.69, 9.17) is 9.47 Å². The van der Waals surface area contributed by atoms with Crippen molar-refractivity contribution in [2.45, 2.75) is 57.7 Å².